The molecule has 0 bridgehead atoms. The first-order valence-corrected chi connectivity index (χ1v) is 7.55. The molecule has 0 aromatic carbocycles. The molecule has 0 atom stereocenters. The van der Waals surface area contributed by atoms with Crippen molar-refractivity contribution in [3.8, 4) is 17.1 Å². The van der Waals surface area contributed by atoms with Crippen LogP contribution >= 0.6 is 0 Å². The minimum absolute atomic E-state index is 0.147. The van der Waals surface area contributed by atoms with Crippen LogP contribution in [0.3, 0.4) is 0 Å². The summed E-state index contributed by atoms with van der Waals surface area (Å²) in [5.41, 5.74) is 3.17. The molecule has 23 heavy (non-hydrogen) atoms. The van der Waals surface area contributed by atoms with Gasteiger partial charge in [-0.3, -0.25) is 9.78 Å². The van der Waals surface area contributed by atoms with Crippen molar-refractivity contribution < 1.29 is 0 Å². The number of rotatable bonds is 3. The monoisotopic (exact) mass is 309 g/mol. The lowest BCUT2D eigenvalue weighted by molar-refractivity contribution is 0.753. The molecule has 0 radical (unpaired) electrons. The number of aromatic amines is 1. The van der Waals surface area contributed by atoms with E-state index in [0.717, 1.165) is 28.5 Å². The summed E-state index contributed by atoms with van der Waals surface area (Å²) in [6.07, 6.45) is 1.74. The second-order valence-corrected chi connectivity index (χ2v) is 5.93. The molecule has 3 heterocycles. The van der Waals surface area contributed by atoms with Crippen molar-refractivity contribution >= 4 is 0 Å². The highest BCUT2D eigenvalue weighted by Crippen LogP contribution is 2.23. The van der Waals surface area contributed by atoms with E-state index in [0.29, 0.717) is 5.82 Å². The van der Waals surface area contributed by atoms with Crippen molar-refractivity contribution in [2.45, 2.75) is 33.6 Å². The first kappa shape index (κ1) is 15.1. The van der Waals surface area contributed by atoms with Gasteiger partial charge in [-0.2, -0.15) is 5.10 Å². The fourth-order valence-corrected chi connectivity index (χ4v) is 2.41. The average Bonchev–Trinajstić information content (AvgIpc) is 2.91. The Morgan fingerprint density at radius 2 is 1.96 bits per heavy atom. The fourth-order valence-electron chi connectivity index (χ4n) is 2.41. The van der Waals surface area contributed by atoms with Gasteiger partial charge in [-0.05, 0) is 32.0 Å². The third-order valence-electron chi connectivity index (χ3n) is 3.50. The number of hydrogen-bond acceptors (Lipinski definition) is 4. The van der Waals surface area contributed by atoms with Gasteiger partial charge in [-0.15, -0.1) is 0 Å². The highest BCUT2D eigenvalue weighted by molar-refractivity contribution is 5.58. The number of pyridine rings is 2. The number of aromatic nitrogens is 5. The van der Waals surface area contributed by atoms with Gasteiger partial charge in [-0.1, -0.05) is 13.8 Å². The molecule has 1 N–H and O–H groups in total. The van der Waals surface area contributed by atoms with E-state index in [2.05, 4.69) is 20.1 Å². The first-order valence-electron chi connectivity index (χ1n) is 7.55. The van der Waals surface area contributed by atoms with Crippen LogP contribution in [0.5, 0.6) is 0 Å². The molecule has 0 spiro atoms. The van der Waals surface area contributed by atoms with Crippen molar-refractivity contribution in [1.82, 2.24) is 24.7 Å². The molecule has 3 aromatic rings. The molecule has 0 saturated carbocycles. The Balaban J connectivity index is 2.25. The highest BCUT2D eigenvalue weighted by atomic mass is 16.1. The standard InChI is InChI=1S/C17H19N5O/c1-10(2)16-20-17(13-7-12(4)19-15(23)9-13)22(21-16)14-5-6-18-11(3)8-14/h5-10H,1-4H3,(H,19,23). The number of H-pyrrole nitrogens is 1. The van der Waals surface area contributed by atoms with Crippen molar-refractivity contribution in [3.05, 3.63) is 58.0 Å². The van der Waals surface area contributed by atoms with E-state index in [-0.39, 0.29) is 11.5 Å². The smallest absolute Gasteiger partial charge is 0.248 e. The van der Waals surface area contributed by atoms with Gasteiger partial charge in [-0.25, -0.2) is 9.67 Å². The zero-order chi connectivity index (χ0) is 16.6. The van der Waals surface area contributed by atoms with Crippen LogP contribution in [0.15, 0.2) is 35.3 Å². The molecular formula is C17H19N5O. The van der Waals surface area contributed by atoms with Gasteiger partial charge in [0.25, 0.3) is 0 Å². The summed E-state index contributed by atoms with van der Waals surface area (Å²) in [5, 5.41) is 4.62. The molecule has 0 amide bonds. The zero-order valence-electron chi connectivity index (χ0n) is 13.7. The first-order chi connectivity index (χ1) is 10.9. The topological polar surface area (TPSA) is 76.5 Å². The number of nitrogens with one attached hydrogen (secondary N) is 1. The maximum atomic E-state index is 11.8. The summed E-state index contributed by atoms with van der Waals surface area (Å²) in [4.78, 5) is 23.4. The molecule has 3 rings (SSSR count). The third-order valence-corrected chi connectivity index (χ3v) is 3.50. The van der Waals surface area contributed by atoms with Crippen molar-refractivity contribution in [1.29, 1.82) is 0 Å². The Kier molecular flexibility index (Phi) is 3.82. The summed E-state index contributed by atoms with van der Waals surface area (Å²) in [5.74, 6) is 1.60. The lowest BCUT2D eigenvalue weighted by Gasteiger charge is -2.07. The summed E-state index contributed by atoms with van der Waals surface area (Å²) in [7, 11) is 0. The number of hydrogen-bond donors (Lipinski definition) is 1. The summed E-state index contributed by atoms with van der Waals surface area (Å²) < 4.78 is 1.78. The molecule has 0 aliphatic carbocycles. The van der Waals surface area contributed by atoms with Crippen LogP contribution in [-0.2, 0) is 0 Å². The Bertz CT molecular complexity index is 907. The minimum Gasteiger partial charge on any atom is -0.326 e. The SMILES string of the molecule is Cc1cc(-n2nc(C(C)C)nc2-c2cc(C)[nH]c(=O)c2)ccn1. The van der Waals surface area contributed by atoms with Crippen LogP contribution in [0.1, 0.15) is 37.0 Å². The third kappa shape index (κ3) is 3.06. The highest BCUT2D eigenvalue weighted by Gasteiger charge is 2.16. The van der Waals surface area contributed by atoms with E-state index in [1.54, 1.807) is 16.9 Å². The Labute approximate surface area is 134 Å². The maximum absolute atomic E-state index is 11.8. The van der Waals surface area contributed by atoms with Crippen LogP contribution in [0.4, 0.5) is 0 Å². The average molecular weight is 309 g/mol. The van der Waals surface area contributed by atoms with Gasteiger partial charge in [0, 0.05) is 35.1 Å². The van der Waals surface area contributed by atoms with Crippen LogP contribution in [-0.4, -0.2) is 24.7 Å². The van der Waals surface area contributed by atoms with E-state index in [1.807, 2.05) is 45.9 Å². The largest absolute Gasteiger partial charge is 0.326 e. The van der Waals surface area contributed by atoms with Crippen molar-refractivity contribution in [2.24, 2.45) is 0 Å². The second kappa shape index (κ2) is 5.79. The predicted octanol–water partition coefficient (Wildman–Crippen LogP) is 2.76. The minimum atomic E-state index is -0.147. The fraction of sp³-hybridized carbons (Fsp3) is 0.294. The summed E-state index contributed by atoms with van der Waals surface area (Å²) in [6, 6.07) is 7.28. The Morgan fingerprint density at radius 3 is 2.61 bits per heavy atom. The lowest BCUT2D eigenvalue weighted by Crippen LogP contribution is -2.08. The van der Waals surface area contributed by atoms with Crippen molar-refractivity contribution in [3.63, 3.8) is 0 Å². The normalized spacial score (nSPS) is 11.2. The molecule has 118 valence electrons. The summed E-state index contributed by atoms with van der Waals surface area (Å²) in [6.45, 7) is 7.88. The van der Waals surface area contributed by atoms with Gasteiger partial charge < -0.3 is 4.98 Å². The van der Waals surface area contributed by atoms with Gasteiger partial charge in [0.05, 0.1) is 5.69 Å². The van der Waals surface area contributed by atoms with Crippen molar-refractivity contribution in [2.75, 3.05) is 0 Å². The molecule has 0 unspecified atom stereocenters. The maximum Gasteiger partial charge on any atom is 0.248 e. The van der Waals surface area contributed by atoms with Gasteiger partial charge in [0.2, 0.25) is 5.56 Å². The van der Waals surface area contributed by atoms with E-state index >= 15 is 0 Å². The predicted molar refractivity (Wildman–Crippen MR) is 88.8 cm³/mol. The summed E-state index contributed by atoms with van der Waals surface area (Å²) >= 11 is 0. The van der Waals surface area contributed by atoms with E-state index in [1.165, 1.54) is 0 Å². The molecule has 6 nitrogen and oxygen atoms in total. The number of aryl methyl sites for hydroxylation is 2. The quantitative estimate of drug-likeness (QED) is 0.807. The van der Waals surface area contributed by atoms with Gasteiger partial charge >= 0.3 is 0 Å². The van der Waals surface area contributed by atoms with Crippen LogP contribution in [0.25, 0.3) is 17.1 Å². The van der Waals surface area contributed by atoms with Crippen LogP contribution < -0.4 is 5.56 Å². The molecule has 3 aromatic heterocycles. The Hall–Kier alpha value is -2.76. The molecule has 6 heteroatoms. The number of nitrogens with zero attached hydrogens (tertiary/aromatic N) is 4. The second-order valence-electron chi connectivity index (χ2n) is 5.93. The molecule has 0 aliphatic heterocycles. The molecule has 0 aliphatic rings. The van der Waals surface area contributed by atoms with Gasteiger partial charge in [0.15, 0.2) is 11.6 Å². The molecule has 0 saturated heterocycles. The molecular weight excluding hydrogens is 290 g/mol. The molecule has 0 fully saturated rings. The Morgan fingerprint density at radius 1 is 1.17 bits per heavy atom. The van der Waals surface area contributed by atoms with E-state index in [9.17, 15) is 4.79 Å². The van der Waals surface area contributed by atoms with Gasteiger partial charge in [0.1, 0.15) is 0 Å². The van der Waals surface area contributed by atoms with Crippen LogP contribution in [0, 0.1) is 13.8 Å². The van der Waals surface area contributed by atoms with E-state index < -0.39 is 0 Å². The lowest BCUT2D eigenvalue weighted by atomic mass is 10.2. The zero-order valence-corrected chi connectivity index (χ0v) is 13.7. The van der Waals surface area contributed by atoms with E-state index in [4.69, 9.17) is 0 Å². The van der Waals surface area contributed by atoms with Crippen LogP contribution in [0.2, 0.25) is 0 Å².